The highest BCUT2D eigenvalue weighted by Crippen LogP contribution is 2.19. The average Bonchev–Trinajstić information content (AvgIpc) is 2.73. The molecule has 0 aliphatic rings. The lowest BCUT2D eigenvalue weighted by Gasteiger charge is -2.22. The van der Waals surface area contributed by atoms with E-state index >= 15 is 0 Å². The van der Waals surface area contributed by atoms with E-state index in [9.17, 15) is 4.21 Å². The van der Waals surface area contributed by atoms with Crippen LogP contribution in [-0.2, 0) is 30.6 Å². The van der Waals surface area contributed by atoms with Gasteiger partial charge >= 0.3 is 0 Å². The Morgan fingerprint density at radius 3 is 1.89 bits per heavy atom. The van der Waals surface area contributed by atoms with Gasteiger partial charge in [0.05, 0.1) is 4.90 Å². The van der Waals surface area contributed by atoms with E-state index in [1.165, 1.54) is 0 Å². The number of nitrogens with zero attached hydrogens (tertiary/aromatic N) is 1. The van der Waals surface area contributed by atoms with E-state index in [2.05, 4.69) is 42.6 Å². The Labute approximate surface area is 164 Å². The van der Waals surface area contributed by atoms with E-state index in [4.69, 9.17) is 0 Å². The smallest absolute Gasteiger partial charge is 0.128 e. The van der Waals surface area contributed by atoms with Crippen LogP contribution < -0.4 is 5.32 Å². The molecule has 0 heterocycles. The SMILES string of the molecule is CCNCc1cccc(S(=O)N(Cc2ccccc2)Cc2ccccc2)c1. The largest absolute Gasteiger partial charge is 0.313 e. The van der Waals surface area contributed by atoms with E-state index in [0.29, 0.717) is 13.1 Å². The third-order valence-corrected chi connectivity index (χ3v) is 5.70. The van der Waals surface area contributed by atoms with Crippen molar-refractivity contribution in [3.05, 3.63) is 102 Å². The molecule has 0 spiro atoms. The molecule has 1 unspecified atom stereocenters. The molecule has 3 rings (SSSR count). The van der Waals surface area contributed by atoms with Gasteiger partial charge in [-0.25, -0.2) is 8.51 Å². The molecule has 140 valence electrons. The van der Waals surface area contributed by atoms with Gasteiger partial charge in [-0.15, -0.1) is 0 Å². The summed E-state index contributed by atoms with van der Waals surface area (Å²) in [6, 6.07) is 28.5. The number of rotatable bonds is 9. The van der Waals surface area contributed by atoms with E-state index < -0.39 is 11.0 Å². The molecule has 27 heavy (non-hydrogen) atoms. The maximum absolute atomic E-state index is 13.4. The second kappa shape index (κ2) is 10.2. The standard InChI is InChI=1S/C23H26N2OS/c1-2-24-17-22-14-9-15-23(16-22)27(26)25(18-20-10-5-3-6-11-20)19-21-12-7-4-8-13-21/h3-16,24H,2,17-19H2,1H3. The molecule has 0 saturated heterocycles. The Morgan fingerprint density at radius 1 is 0.778 bits per heavy atom. The zero-order valence-corrected chi connectivity index (χ0v) is 16.5. The van der Waals surface area contributed by atoms with Gasteiger partial charge < -0.3 is 5.32 Å². The highest BCUT2D eigenvalue weighted by molar-refractivity contribution is 7.82. The number of benzene rings is 3. The first-order chi connectivity index (χ1) is 13.3. The quantitative estimate of drug-likeness (QED) is 0.594. The second-order valence-corrected chi connectivity index (χ2v) is 7.93. The monoisotopic (exact) mass is 378 g/mol. The summed E-state index contributed by atoms with van der Waals surface area (Å²) in [7, 11) is -1.23. The fourth-order valence-corrected chi connectivity index (χ4v) is 4.21. The van der Waals surface area contributed by atoms with Crippen molar-refractivity contribution >= 4 is 11.0 Å². The highest BCUT2D eigenvalue weighted by Gasteiger charge is 2.17. The van der Waals surface area contributed by atoms with Crippen molar-refractivity contribution in [2.24, 2.45) is 0 Å². The van der Waals surface area contributed by atoms with E-state index in [-0.39, 0.29) is 0 Å². The van der Waals surface area contributed by atoms with Crippen LogP contribution in [0.15, 0.2) is 89.8 Å². The Morgan fingerprint density at radius 2 is 1.33 bits per heavy atom. The average molecular weight is 379 g/mol. The molecule has 3 nitrogen and oxygen atoms in total. The molecule has 0 saturated carbocycles. The van der Waals surface area contributed by atoms with Crippen molar-refractivity contribution < 1.29 is 4.21 Å². The summed E-state index contributed by atoms with van der Waals surface area (Å²) in [4.78, 5) is 0.845. The van der Waals surface area contributed by atoms with Gasteiger partial charge in [-0.3, -0.25) is 0 Å². The molecule has 3 aromatic carbocycles. The zero-order valence-electron chi connectivity index (χ0n) is 15.7. The van der Waals surface area contributed by atoms with Crippen LogP contribution in [0.1, 0.15) is 23.6 Å². The van der Waals surface area contributed by atoms with Crippen LogP contribution in [0.5, 0.6) is 0 Å². The van der Waals surface area contributed by atoms with Crippen LogP contribution in [0.4, 0.5) is 0 Å². The minimum Gasteiger partial charge on any atom is -0.313 e. The first kappa shape index (κ1) is 19.5. The first-order valence-corrected chi connectivity index (χ1v) is 10.4. The summed E-state index contributed by atoms with van der Waals surface area (Å²) in [6.45, 7) is 5.07. The molecule has 1 N–H and O–H groups in total. The third-order valence-electron chi connectivity index (χ3n) is 4.32. The van der Waals surface area contributed by atoms with Gasteiger partial charge in [0.1, 0.15) is 11.0 Å². The Hall–Kier alpha value is -2.27. The summed E-state index contributed by atoms with van der Waals surface area (Å²) in [5, 5.41) is 3.33. The predicted octanol–water partition coefficient (Wildman–Crippen LogP) is 4.52. The van der Waals surface area contributed by atoms with Gasteiger partial charge in [0, 0.05) is 19.6 Å². The van der Waals surface area contributed by atoms with Crippen LogP contribution >= 0.6 is 0 Å². The van der Waals surface area contributed by atoms with Crippen molar-refractivity contribution in [2.45, 2.75) is 31.5 Å². The molecule has 0 aromatic heterocycles. The number of hydrogen-bond acceptors (Lipinski definition) is 2. The lowest BCUT2D eigenvalue weighted by Crippen LogP contribution is -2.25. The molecule has 0 aliphatic heterocycles. The van der Waals surface area contributed by atoms with Crippen molar-refractivity contribution in [3.63, 3.8) is 0 Å². The van der Waals surface area contributed by atoms with Crippen LogP contribution in [0.25, 0.3) is 0 Å². The molecule has 0 bridgehead atoms. The summed E-state index contributed by atoms with van der Waals surface area (Å²) in [5.41, 5.74) is 3.47. The molecule has 4 heteroatoms. The van der Waals surface area contributed by atoms with E-state index in [1.807, 2.05) is 58.9 Å². The van der Waals surface area contributed by atoms with E-state index in [0.717, 1.165) is 34.7 Å². The number of nitrogens with one attached hydrogen (secondary N) is 1. The van der Waals surface area contributed by atoms with Crippen LogP contribution in [-0.4, -0.2) is 15.1 Å². The van der Waals surface area contributed by atoms with Gasteiger partial charge in [-0.05, 0) is 35.4 Å². The van der Waals surface area contributed by atoms with Crippen molar-refractivity contribution in [3.8, 4) is 0 Å². The molecular formula is C23H26N2OS. The minimum absolute atomic E-state index is 0.639. The molecule has 0 amide bonds. The summed E-state index contributed by atoms with van der Waals surface area (Å²) >= 11 is 0. The van der Waals surface area contributed by atoms with E-state index in [1.54, 1.807) is 0 Å². The number of hydrogen-bond donors (Lipinski definition) is 1. The molecule has 0 fully saturated rings. The van der Waals surface area contributed by atoms with Crippen molar-refractivity contribution in [1.29, 1.82) is 0 Å². The summed E-state index contributed by atoms with van der Waals surface area (Å²) in [5.74, 6) is 0. The summed E-state index contributed by atoms with van der Waals surface area (Å²) in [6.07, 6.45) is 0. The maximum Gasteiger partial charge on any atom is 0.128 e. The first-order valence-electron chi connectivity index (χ1n) is 9.30. The van der Waals surface area contributed by atoms with Crippen LogP contribution in [0.3, 0.4) is 0 Å². The van der Waals surface area contributed by atoms with Gasteiger partial charge in [0.2, 0.25) is 0 Å². The second-order valence-electron chi connectivity index (χ2n) is 6.45. The fourth-order valence-electron chi connectivity index (χ4n) is 2.93. The molecule has 0 aliphatic carbocycles. The fraction of sp³-hybridized carbons (Fsp3) is 0.217. The summed E-state index contributed by atoms with van der Waals surface area (Å²) < 4.78 is 15.4. The molecule has 1 atom stereocenters. The van der Waals surface area contributed by atoms with Gasteiger partial charge in [0.25, 0.3) is 0 Å². The van der Waals surface area contributed by atoms with Crippen LogP contribution in [0, 0.1) is 0 Å². The zero-order chi connectivity index (χ0) is 18.9. The van der Waals surface area contributed by atoms with Gasteiger partial charge in [-0.1, -0.05) is 79.7 Å². The molecule has 3 aromatic rings. The minimum atomic E-state index is -1.23. The predicted molar refractivity (Wildman–Crippen MR) is 112 cm³/mol. The van der Waals surface area contributed by atoms with Crippen molar-refractivity contribution in [1.82, 2.24) is 9.62 Å². The lowest BCUT2D eigenvalue weighted by molar-refractivity contribution is 0.435. The normalized spacial score (nSPS) is 12.2. The Balaban J connectivity index is 1.83. The van der Waals surface area contributed by atoms with Gasteiger partial charge in [0.15, 0.2) is 0 Å². The topological polar surface area (TPSA) is 32.3 Å². The lowest BCUT2D eigenvalue weighted by atomic mass is 10.2. The third kappa shape index (κ3) is 5.86. The molecular weight excluding hydrogens is 352 g/mol. The highest BCUT2D eigenvalue weighted by atomic mass is 32.2. The maximum atomic E-state index is 13.4. The van der Waals surface area contributed by atoms with Gasteiger partial charge in [-0.2, -0.15) is 0 Å². The van der Waals surface area contributed by atoms with Crippen LogP contribution in [0.2, 0.25) is 0 Å². The molecule has 0 radical (unpaired) electrons. The Kier molecular flexibility index (Phi) is 7.34. The Bertz CT molecular complexity index is 811. The van der Waals surface area contributed by atoms with Crippen molar-refractivity contribution in [2.75, 3.05) is 6.54 Å².